The van der Waals surface area contributed by atoms with Gasteiger partial charge in [0.25, 0.3) is 0 Å². The van der Waals surface area contributed by atoms with Crippen molar-refractivity contribution in [2.45, 2.75) is 26.3 Å². The summed E-state index contributed by atoms with van der Waals surface area (Å²) in [5.41, 5.74) is 1.40. The van der Waals surface area contributed by atoms with Gasteiger partial charge in [0.2, 0.25) is 5.91 Å². The largest absolute Gasteiger partial charge is 0.497 e. The van der Waals surface area contributed by atoms with Gasteiger partial charge in [-0.1, -0.05) is 0 Å². The van der Waals surface area contributed by atoms with Crippen LogP contribution < -0.4 is 14.8 Å². The molecule has 3 rings (SSSR count). The van der Waals surface area contributed by atoms with Crippen molar-refractivity contribution in [1.82, 2.24) is 20.5 Å². The van der Waals surface area contributed by atoms with E-state index in [4.69, 9.17) is 9.47 Å². The minimum Gasteiger partial charge on any atom is -0.497 e. The van der Waals surface area contributed by atoms with Gasteiger partial charge in [0, 0.05) is 24.0 Å². The highest BCUT2D eigenvalue weighted by Gasteiger charge is 2.11. The number of benzene rings is 2. The van der Waals surface area contributed by atoms with Gasteiger partial charge in [-0.2, -0.15) is 5.10 Å². The van der Waals surface area contributed by atoms with Crippen LogP contribution in [0.4, 0.5) is 0 Å². The van der Waals surface area contributed by atoms with Gasteiger partial charge in [-0.15, -0.1) is 0 Å². The number of H-pyrrole nitrogens is 1. The number of carbonyl (C=O) groups excluding carboxylic acids is 2. The lowest BCUT2D eigenvalue weighted by Crippen LogP contribution is -2.23. The molecule has 0 aliphatic heterocycles. The van der Waals surface area contributed by atoms with Crippen LogP contribution in [0.15, 0.2) is 48.5 Å². The standard InChI is InChI=1S/C22H24N4O4/c1-3-30-18-10-4-15(5-11-18)19(27)12-13-21(28)23-14-20-24-22(26-25-20)16-6-8-17(29-2)9-7-16/h4-11H,3,12-14H2,1-2H3,(H,23,28)(H,24,25,26). The van der Waals surface area contributed by atoms with E-state index in [-0.39, 0.29) is 31.1 Å². The number of aromatic nitrogens is 3. The molecule has 8 nitrogen and oxygen atoms in total. The number of carbonyl (C=O) groups is 2. The van der Waals surface area contributed by atoms with Crippen LogP contribution in [0, 0.1) is 0 Å². The Hall–Kier alpha value is -3.68. The molecule has 0 atom stereocenters. The Labute approximate surface area is 174 Å². The number of rotatable bonds is 10. The van der Waals surface area contributed by atoms with Crippen molar-refractivity contribution in [1.29, 1.82) is 0 Å². The summed E-state index contributed by atoms with van der Waals surface area (Å²) in [7, 11) is 1.61. The number of nitrogens with zero attached hydrogens (tertiary/aromatic N) is 2. The molecule has 0 aliphatic rings. The monoisotopic (exact) mass is 408 g/mol. The van der Waals surface area contributed by atoms with E-state index >= 15 is 0 Å². The maximum atomic E-state index is 12.2. The summed E-state index contributed by atoms with van der Waals surface area (Å²) in [6, 6.07) is 14.3. The van der Waals surface area contributed by atoms with E-state index < -0.39 is 0 Å². The molecule has 1 amide bonds. The zero-order valence-corrected chi connectivity index (χ0v) is 17.0. The van der Waals surface area contributed by atoms with E-state index in [1.54, 1.807) is 31.4 Å². The third-order valence-corrected chi connectivity index (χ3v) is 4.40. The van der Waals surface area contributed by atoms with Gasteiger partial charge in [0.1, 0.15) is 17.3 Å². The van der Waals surface area contributed by atoms with Crippen molar-refractivity contribution >= 4 is 11.7 Å². The predicted molar refractivity (Wildman–Crippen MR) is 111 cm³/mol. The Kier molecular flexibility index (Phi) is 7.15. The van der Waals surface area contributed by atoms with Crippen LogP contribution >= 0.6 is 0 Å². The predicted octanol–water partition coefficient (Wildman–Crippen LogP) is 3.16. The Morgan fingerprint density at radius 3 is 2.37 bits per heavy atom. The van der Waals surface area contributed by atoms with Gasteiger partial charge in [0.05, 0.1) is 20.3 Å². The normalized spacial score (nSPS) is 10.5. The summed E-state index contributed by atoms with van der Waals surface area (Å²) in [4.78, 5) is 28.7. The first kappa shape index (κ1) is 21.0. The highest BCUT2D eigenvalue weighted by Crippen LogP contribution is 2.19. The Bertz CT molecular complexity index is 981. The van der Waals surface area contributed by atoms with Crippen molar-refractivity contribution < 1.29 is 19.1 Å². The number of methoxy groups -OCH3 is 1. The van der Waals surface area contributed by atoms with Gasteiger partial charge in [0.15, 0.2) is 11.6 Å². The molecule has 0 aliphatic carbocycles. The van der Waals surface area contributed by atoms with E-state index in [9.17, 15) is 9.59 Å². The first-order valence-corrected chi connectivity index (χ1v) is 9.67. The number of aromatic amines is 1. The first-order valence-electron chi connectivity index (χ1n) is 9.67. The topological polar surface area (TPSA) is 106 Å². The van der Waals surface area contributed by atoms with Gasteiger partial charge < -0.3 is 14.8 Å². The van der Waals surface area contributed by atoms with Crippen molar-refractivity contribution in [3.8, 4) is 22.9 Å². The molecule has 0 saturated heterocycles. The second-order valence-corrected chi connectivity index (χ2v) is 6.49. The van der Waals surface area contributed by atoms with E-state index in [0.717, 1.165) is 11.3 Å². The molecule has 30 heavy (non-hydrogen) atoms. The lowest BCUT2D eigenvalue weighted by molar-refractivity contribution is -0.121. The minimum absolute atomic E-state index is 0.0883. The summed E-state index contributed by atoms with van der Waals surface area (Å²) in [5, 5.41) is 9.72. The molecule has 0 unspecified atom stereocenters. The molecule has 3 aromatic rings. The quantitative estimate of drug-likeness (QED) is 0.499. The summed E-state index contributed by atoms with van der Waals surface area (Å²) in [6.07, 6.45) is 0.235. The summed E-state index contributed by atoms with van der Waals surface area (Å²) >= 11 is 0. The van der Waals surface area contributed by atoms with Crippen molar-refractivity contribution in [3.05, 3.63) is 59.9 Å². The number of ether oxygens (including phenoxy) is 2. The van der Waals surface area contributed by atoms with Gasteiger partial charge in [-0.05, 0) is 55.5 Å². The second kappa shape index (κ2) is 10.2. The van der Waals surface area contributed by atoms with Crippen LogP contribution in [0.1, 0.15) is 35.9 Å². The zero-order chi connectivity index (χ0) is 21.3. The molecule has 156 valence electrons. The second-order valence-electron chi connectivity index (χ2n) is 6.49. The van der Waals surface area contributed by atoms with Crippen LogP contribution in [-0.4, -0.2) is 40.6 Å². The highest BCUT2D eigenvalue weighted by molar-refractivity contribution is 5.98. The van der Waals surface area contributed by atoms with Crippen molar-refractivity contribution in [2.75, 3.05) is 13.7 Å². The smallest absolute Gasteiger partial charge is 0.220 e. The van der Waals surface area contributed by atoms with Gasteiger partial charge >= 0.3 is 0 Å². The molecule has 8 heteroatoms. The molecule has 2 aromatic carbocycles. The maximum absolute atomic E-state index is 12.2. The fourth-order valence-electron chi connectivity index (χ4n) is 2.79. The third-order valence-electron chi connectivity index (χ3n) is 4.40. The lowest BCUT2D eigenvalue weighted by atomic mass is 10.1. The molecular formula is C22H24N4O4. The summed E-state index contributed by atoms with van der Waals surface area (Å²) in [6.45, 7) is 2.68. The maximum Gasteiger partial charge on any atom is 0.220 e. The van der Waals surface area contributed by atoms with Crippen LogP contribution in [0.5, 0.6) is 11.5 Å². The number of nitrogens with one attached hydrogen (secondary N) is 2. The van der Waals surface area contributed by atoms with Crippen molar-refractivity contribution in [2.24, 2.45) is 0 Å². The molecular weight excluding hydrogens is 384 g/mol. The highest BCUT2D eigenvalue weighted by atomic mass is 16.5. The van der Waals surface area contributed by atoms with E-state index in [1.807, 2.05) is 31.2 Å². The molecule has 0 bridgehead atoms. The minimum atomic E-state index is -0.225. The molecule has 2 N–H and O–H groups in total. The van der Waals surface area contributed by atoms with Crippen LogP contribution in [-0.2, 0) is 11.3 Å². The zero-order valence-electron chi connectivity index (χ0n) is 17.0. The molecule has 1 aromatic heterocycles. The fraction of sp³-hybridized carbons (Fsp3) is 0.273. The molecule has 0 spiro atoms. The first-order chi connectivity index (χ1) is 14.6. The number of ketones is 1. The third kappa shape index (κ3) is 5.66. The Morgan fingerprint density at radius 2 is 1.70 bits per heavy atom. The number of hydrogen-bond acceptors (Lipinski definition) is 6. The van der Waals surface area contributed by atoms with Gasteiger partial charge in [-0.25, -0.2) is 4.98 Å². The van der Waals surface area contributed by atoms with Crippen LogP contribution in [0.3, 0.4) is 0 Å². The molecule has 0 radical (unpaired) electrons. The molecule has 1 heterocycles. The number of amides is 1. The molecule has 0 saturated carbocycles. The average Bonchev–Trinajstić information content (AvgIpc) is 3.26. The van der Waals surface area contributed by atoms with E-state index in [2.05, 4.69) is 20.5 Å². The summed E-state index contributed by atoms with van der Waals surface area (Å²) in [5.74, 6) is 2.22. The number of Topliss-reactive ketones (excluding diaryl/α,β-unsaturated/α-hetero) is 1. The summed E-state index contributed by atoms with van der Waals surface area (Å²) < 4.78 is 10.5. The van der Waals surface area contributed by atoms with E-state index in [0.29, 0.717) is 29.6 Å². The van der Waals surface area contributed by atoms with Crippen LogP contribution in [0.2, 0.25) is 0 Å². The lowest BCUT2D eigenvalue weighted by Gasteiger charge is -2.05. The Balaban J connectivity index is 1.45. The number of hydrogen-bond donors (Lipinski definition) is 2. The SMILES string of the molecule is CCOc1ccc(C(=O)CCC(=O)NCc2nc(-c3ccc(OC)cc3)n[nH]2)cc1. The van der Waals surface area contributed by atoms with Gasteiger partial charge in [-0.3, -0.25) is 14.7 Å². The van der Waals surface area contributed by atoms with Crippen molar-refractivity contribution in [3.63, 3.8) is 0 Å². The van der Waals surface area contributed by atoms with E-state index in [1.165, 1.54) is 0 Å². The Morgan fingerprint density at radius 1 is 1.00 bits per heavy atom. The average molecular weight is 408 g/mol. The molecule has 0 fully saturated rings. The van der Waals surface area contributed by atoms with Crippen LogP contribution in [0.25, 0.3) is 11.4 Å². The fourth-order valence-corrected chi connectivity index (χ4v) is 2.79.